The molecule has 0 bridgehead atoms. The maximum absolute atomic E-state index is 13.4. The van der Waals surface area contributed by atoms with Gasteiger partial charge in [-0.25, -0.2) is 5.01 Å². The van der Waals surface area contributed by atoms with E-state index in [0.29, 0.717) is 12.2 Å². The van der Waals surface area contributed by atoms with E-state index >= 15 is 0 Å². The molecule has 8 heteroatoms. The van der Waals surface area contributed by atoms with Gasteiger partial charge in [-0.05, 0) is 48.6 Å². The Bertz CT molecular complexity index is 992. The first-order chi connectivity index (χ1) is 15.3. The fourth-order valence-electron chi connectivity index (χ4n) is 4.18. The number of rotatable bonds is 8. The fourth-order valence-corrected chi connectivity index (χ4v) is 4.93. The molecule has 0 aromatic carbocycles. The summed E-state index contributed by atoms with van der Waals surface area (Å²) in [6.45, 7) is 2.52. The Labute approximate surface area is 184 Å². The Balaban J connectivity index is 1.35. The first-order valence-electron chi connectivity index (χ1n) is 10.6. The number of nitrogens with zero attached hydrogens (tertiary/aromatic N) is 3. The van der Waals surface area contributed by atoms with Gasteiger partial charge in [0, 0.05) is 31.0 Å². The lowest BCUT2D eigenvalue weighted by Gasteiger charge is -2.27. The molecule has 7 nitrogen and oxygen atoms in total. The monoisotopic (exact) mass is 439 g/mol. The quantitative estimate of drug-likeness (QED) is 0.524. The van der Waals surface area contributed by atoms with E-state index in [1.807, 2.05) is 30.3 Å². The highest BCUT2D eigenvalue weighted by Gasteiger charge is 2.36. The van der Waals surface area contributed by atoms with Crippen LogP contribution in [-0.4, -0.2) is 47.3 Å². The third-order valence-electron chi connectivity index (χ3n) is 5.65. The summed E-state index contributed by atoms with van der Waals surface area (Å²) in [5, 5.41) is 8.27. The van der Waals surface area contributed by atoms with E-state index in [1.165, 1.54) is 4.88 Å². The Morgan fingerprint density at radius 3 is 2.81 bits per heavy atom. The van der Waals surface area contributed by atoms with Gasteiger partial charge in [-0.2, -0.15) is 5.10 Å². The van der Waals surface area contributed by atoms with Crippen LogP contribution in [-0.2, 0) is 16.1 Å². The van der Waals surface area contributed by atoms with Crippen LogP contribution in [0.3, 0.4) is 0 Å². The van der Waals surface area contributed by atoms with Gasteiger partial charge >= 0.3 is 0 Å². The largest absolute Gasteiger partial charge is 0.467 e. The van der Waals surface area contributed by atoms with E-state index in [1.54, 1.807) is 28.9 Å². The van der Waals surface area contributed by atoms with Gasteiger partial charge in [-0.15, -0.1) is 11.3 Å². The standard InChI is InChI=1S/C23H25N3O4S/c27-23(16-25(14-17-5-1-9-28-17)15-18-6-4-12-31-18)26-20(22-8-3-11-30-22)13-19(24-26)21-7-2-10-29-21/h2-4,6-8,10-12,17,20H,1,5,9,13-16H2/t17-,20+/m0/s1. The molecule has 31 heavy (non-hydrogen) atoms. The molecule has 1 fully saturated rings. The Morgan fingerprint density at radius 2 is 2.10 bits per heavy atom. The van der Waals surface area contributed by atoms with Crippen LogP contribution in [0.4, 0.5) is 0 Å². The summed E-state index contributed by atoms with van der Waals surface area (Å²) in [4.78, 5) is 16.8. The lowest BCUT2D eigenvalue weighted by Crippen LogP contribution is -2.40. The Morgan fingerprint density at radius 1 is 1.19 bits per heavy atom. The molecule has 0 aliphatic carbocycles. The average Bonchev–Trinajstić information content (AvgIpc) is 3.59. The summed E-state index contributed by atoms with van der Waals surface area (Å²) in [5.41, 5.74) is 0.753. The Kier molecular flexibility index (Phi) is 6.01. The third-order valence-corrected chi connectivity index (χ3v) is 6.51. The van der Waals surface area contributed by atoms with Gasteiger partial charge in [-0.1, -0.05) is 6.07 Å². The highest BCUT2D eigenvalue weighted by atomic mass is 32.1. The molecule has 0 N–H and O–H groups in total. The number of ether oxygens (including phenoxy) is 1. The van der Waals surface area contributed by atoms with E-state index < -0.39 is 0 Å². The number of carbonyl (C=O) groups excluding carboxylic acids is 1. The van der Waals surface area contributed by atoms with E-state index in [0.717, 1.165) is 44.0 Å². The third kappa shape index (κ3) is 4.66. The molecular formula is C23H25N3O4S. The number of hydrogen-bond donors (Lipinski definition) is 0. The smallest absolute Gasteiger partial charge is 0.257 e. The number of carbonyl (C=O) groups is 1. The molecule has 0 radical (unpaired) electrons. The van der Waals surface area contributed by atoms with Crippen molar-refractivity contribution >= 4 is 23.0 Å². The van der Waals surface area contributed by atoms with Crippen molar-refractivity contribution in [2.75, 3.05) is 19.7 Å². The minimum atomic E-state index is -0.270. The SMILES string of the molecule is O=C(CN(Cc1cccs1)C[C@@H]1CCCO1)N1N=C(c2ccco2)C[C@@H]1c1ccco1. The molecular weight excluding hydrogens is 414 g/mol. The fraction of sp³-hybridized carbons (Fsp3) is 0.391. The number of thiophene rings is 1. The van der Waals surface area contributed by atoms with Gasteiger partial charge in [0.25, 0.3) is 5.91 Å². The second kappa shape index (κ2) is 9.21. The predicted molar refractivity (Wildman–Crippen MR) is 117 cm³/mol. The molecule has 0 saturated carbocycles. The molecule has 0 spiro atoms. The summed E-state index contributed by atoms with van der Waals surface area (Å²) in [6.07, 6.45) is 6.10. The second-order valence-electron chi connectivity index (χ2n) is 7.88. The van der Waals surface area contributed by atoms with Crippen molar-refractivity contribution in [2.24, 2.45) is 5.10 Å². The molecule has 2 aliphatic heterocycles. The number of hydrazone groups is 1. The molecule has 5 heterocycles. The maximum atomic E-state index is 13.4. The number of amides is 1. The highest BCUT2D eigenvalue weighted by molar-refractivity contribution is 7.09. The van der Waals surface area contributed by atoms with Gasteiger partial charge < -0.3 is 13.6 Å². The van der Waals surface area contributed by atoms with Crippen LogP contribution in [0.5, 0.6) is 0 Å². The summed E-state index contributed by atoms with van der Waals surface area (Å²) in [7, 11) is 0. The summed E-state index contributed by atoms with van der Waals surface area (Å²) in [6, 6.07) is 11.3. The molecule has 5 rings (SSSR count). The zero-order valence-corrected chi connectivity index (χ0v) is 18.0. The van der Waals surface area contributed by atoms with Crippen LogP contribution in [0.25, 0.3) is 0 Å². The second-order valence-corrected chi connectivity index (χ2v) is 8.91. The molecule has 1 amide bonds. The van der Waals surface area contributed by atoms with Gasteiger partial charge in [0.2, 0.25) is 0 Å². The van der Waals surface area contributed by atoms with Gasteiger partial charge in [-0.3, -0.25) is 9.69 Å². The van der Waals surface area contributed by atoms with Crippen LogP contribution in [0.2, 0.25) is 0 Å². The Hall–Kier alpha value is -2.68. The van der Waals surface area contributed by atoms with Crippen molar-refractivity contribution in [3.63, 3.8) is 0 Å². The molecule has 0 unspecified atom stereocenters. The number of hydrogen-bond acceptors (Lipinski definition) is 7. The van der Waals surface area contributed by atoms with Crippen molar-refractivity contribution in [3.05, 3.63) is 70.7 Å². The lowest BCUT2D eigenvalue weighted by molar-refractivity contribution is -0.135. The molecule has 1 saturated heterocycles. The molecule has 2 aliphatic rings. The van der Waals surface area contributed by atoms with Crippen LogP contribution in [0.15, 0.2) is 68.2 Å². The molecule has 162 valence electrons. The zero-order chi connectivity index (χ0) is 21.0. The summed E-state index contributed by atoms with van der Waals surface area (Å²) in [5.74, 6) is 1.35. The summed E-state index contributed by atoms with van der Waals surface area (Å²) >= 11 is 1.70. The van der Waals surface area contributed by atoms with E-state index in [9.17, 15) is 4.79 Å². The van der Waals surface area contributed by atoms with Crippen molar-refractivity contribution in [1.29, 1.82) is 0 Å². The normalized spacial score (nSPS) is 21.2. The van der Waals surface area contributed by atoms with Gasteiger partial charge in [0.15, 0.2) is 0 Å². The van der Waals surface area contributed by atoms with Crippen LogP contribution in [0, 0.1) is 0 Å². The van der Waals surface area contributed by atoms with Crippen molar-refractivity contribution in [2.45, 2.75) is 38.0 Å². The van der Waals surface area contributed by atoms with E-state index in [-0.39, 0.29) is 24.6 Å². The minimum Gasteiger partial charge on any atom is -0.467 e. The van der Waals surface area contributed by atoms with Crippen LogP contribution < -0.4 is 0 Å². The maximum Gasteiger partial charge on any atom is 0.257 e. The molecule has 3 aromatic heterocycles. The molecule has 2 atom stereocenters. The summed E-state index contributed by atoms with van der Waals surface area (Å²) < 4.78 is 17.0. The van der Waals surface area contributed by atoms with Crippen molar-refractivity contribution in [1.82, 2.24) is 9.91 Å². The van der Waals surface area contributed by atoms with Crippen molar-refractivity contribution < 1.29 is 18.4 Å². The predicted octanol–water partition coefficient (Wildman–Crippen LogP) is 4.29. The first kappa shape index (κ1) is 20.2. The van der Waals surface area contributed by atoms with E-state index in [4.69, 9.17) is 13.6 Å². The molecule has 3 aromatic rings. The van der Waals surface area contributed by atoms with Gasteiger partial charge in [0.05, 0.1) is 25.2 Å². The highest BCUT2D eigenvalue weighted by Crippen LogP contribution is 2.33. The topological polar surface area (TPSA) is 71.4 Å². The van der Waals surface area contributed by atoms with Gasteiger partial charge in [0.1, 0.15) is 23.3 Å². The minimum absolute atomic E-state index is 0.0579. The van der Waals surface area contributed by atoms with Crippen molar-refractivity contribution in [3.8, 4) is 0 Å². The average molecular weight is 440 g/mol. The van der Waals surface area contributed by atoms with Crippen LogP contribution in [0.1, 0.15) is 41.7 Å². The first-order valence-corrected chi connectivity index (χ1v) is 11.5. The zero-order valence-electron chi connectivity index (χ0n) is 17.2. The lowest BCUT2D eigenvalue weighted by atomic mass is 10.1. The number of furan rings is 2. The van der Waals surface area contributed by atoms with Crippen LogP contribution >= 0.6 is 11.3 Å². The van der Waals surface area contributed by atoms with E-state index in [2.05, 4.69) is 21.4 Å².